The third kappa shape index (κ3) is 2.50. The first-order valence-corrected chi connectivity index (χ1v) is 6.12. The van der Waals surface area contributed by atoms with Crippen molar-refractivity contribution in [1.82, 2.24) is 4.90 Å². The maximum atomic E-state index is 11.7. The number of ether oxygens (including phenoxy) is 1. The zero-order valence-corrected chi connectivity index (χ0v) is 10.4. The largest absolute Gasteiger partial charge is 0.468 e. The average molecular weight is 233 g/mol. The van der Waals surface area contributed by atoms with Gasteiger partial charge in [-0.2, -0.15) is 0 Å². The lowest BCUT2D eigenvalue weighted by Gasteiger charge is -2.29. The number of rotatable bonds is 3. The second-order valence-electron chi connectivity index (χ2n) is 4.51. The lowest BCUT2D eigenvalue weighted by atomic mass is 10.1. The molecule has 0 N–H and O–H groups in total. The average Bonchev–Trinajstić information content (AvgIpc) is 2.87. The molecule has 1 fully saturated rings. The first kappa shape index (κ1) is 12.1. The Hall–Kier alpha value is -1.35. The van der Waals surface area contributed by atoms with Crippen molar-refractivity contribution in [3.8, 4) is 0 Å². The van der Waals surface area contributed by atoms with Crippen LogP contribution in [0.15, 0.2) is 30.3 Å². The number of carbonyl (C=O) groups excluding carboxylic acids is 1. The highest BCUT2D eigenvalue weighted by atomic mass is 16.5. The minimum Gasteiger partial charge on any atom is -0.468 e. The summed E-state index contributed by atoms with van der Waals surface area (Å²) < 4.78 is 4.87. The molecule has 0 amide bonds. The smallest absolute Gasteiger partial charge is 0.323 e. The van der Waals surface area contributed by atoms with Gasteiger partial charge in [0.15, 0.2) is 0 Å². The van der Waals surface area contributed by atoms with Crippen molar-refractivity contribution >= 4 is 5.97 Å². The van der Waals surface area contributed by atoms with E-state index in [1.807, 2.05) is 18.2 Å². The first-order chi connectivity index (χ1) is 8.24. The number of benzene rings is 1. The van der Waals surface area contributed by atoms with Crippen LogP contribution in [-0.2, 0) is 9.53 Å². The Kier molecular flexibility index (Phi) is 3.79. The van der Waals surface area contributed by atoms with Crippen LogP contribution >= 0.6 is 0 Å². The molecule has 0 saturated carbocycles. The molecule has 0 aromatic heterocycles. The predicted octanol–water partition coefficient (Wildman–Crippen LogP) is 2.39. The van der Waals surface area contributed by atoms with Crippen LogP contribution in [0.3, 0.4) is 0 Å². The van der Waals surface area contributed by atoms with E-state index in [2.05, 4.69) is 24.0 Å². The number of carbonyl (C=O) groups is 1. The molecule has 1 heterocycles. The molecule has 0 spiro atoms. The molecule has 1 aliphatic heterocycles. The van der Waals surface area contributed by atoms with Gasteiger partial charge in [-0.05, 0) is 31.9 Å². The maximum absolute atomic E-state index is 11.7. The number of hydrogen-bond donors (Lipinski definition) is 0. The Morgan fingerprint density at radius 1 is 1.41 bits per heavy atom. The Labute approximate surface area is 102 Å². The normalized spacial score (nSPS) is 22.4. The molecule has 1 aliphatic rings. The standard InChI is InChI=1S/C14H19NO2/c1-11(12-7-4-3-5-8-12)15-10-6-9-13(15)14(16)17-2/h3-5,7-8,11,13H,6,9-10H2,1-2H3/t11-,13-/m1/s1. The van der Waals surface area contributed by atoms with E-state index in [9.17, 15) is 4.79 Å². The van der Waals surface area contributed by atoms with E-state index in [1.165, 1.54) is 12.7 Å². The molecule has 92 valence electrons. The van der Waals surface area contributed by atoms with Crippen LogP contribution in [0.4, 0.5) is 0 Å². The highest BCUT2D eigenvalue weighted by Crippen LogP contribution is 2.29. The minimum absolute atomic E-state index is 0.0739. The van der Waals surface area contributed by atoms with Gasteiger partial charge in [0, 0.05) is 6.04 Å². The van der Waals surface area contributed by atoms with Gasteiger partial charge in [0.1, 0.15) is 6.04 Å². The van der Waals surface area contributed by atoms with Crippen molar-refractivity contribution in [3.63, 3.8) is 0 Å². The van der Waals surface area contributed by atoms with E-state index in [0.29, 0.717) is 0 Å². The van der Waals surface area contributed by atoms with Gasteiger partial charge in [-0.25, -0.2) is 0 Å². The highest BCUT2D eigenvalue weighted by Gasteiger charge is 2.34. The van der Waals surface area contributed by atoms with Crippen LogP contribution in [-0.4, -0.2) is 30.6 Å². The fourth-order valence-corrected chi connectivity index (χ4v) is 2.56. The summed E-state index contributed by atoms with van der Waals surface area (Å²) in [6, 6.07) is 10.5. The zero-order valence-electron chi connectivity index (χ0n) is 10.4. The molecule has 0 unspecified atom stereocenters. The fraction of sp³-hybridized carbons (Fsp3) is 0.500. The zero-order chi connectivity index (χ0) is 12.3. The van der Waals surface area contributed by atoms with E-state index in [4.69, 9.17) is 4.74 Å². The Bertz CT molecular complexity index is 377. The summed E-state index contributed by atoms with van der Waals surface area (Å²) in [5.74, 6) is -0.106. The lowest BCUT2D eigenvalue weighted by Crippen LogP contribution is -2.38. The van der Waals surface area contributed by atoms with Crippen LogP contribution in [0, 0.1) is 0 Å². The molecular formula is C14H19NO2. The summed E-state index contributed by atoms with van der Waals surface area (Å²) in [7, 11) is 1.46. The Morgan fingerprint density at radius 2 is 2.12 bits per heavy atom. The molecule has 3 heteroatoms. The van der Waals surface area contributed by atoms with E-state index in [-0.39, 0.29) is 18.1 Å². The van der Waals surface area contributed by atoms with Crippen LogP contribution < -0.4 is 0 Å². The van der Waals surface area contributed by atoms with Gasteiger partial charge in [0.05, 0.1) is 7.11 Å². The van der Waals surface area contributed by atoms with Gasteiger partial charge >= 0.3 is 5.97 Å². The number of esters is 1. The topological polar surface area (TPSA) is 29.5 Å². The van der Waals surface area contributed by atoms with E-state index in [0.717, 1.165) is 19.4 Å². The molecule has 3 nitrogen and oxygen atoms in total. The molecule has 0 radical (unpaired) electrons. The number of methoxy groups -OCH3 is 1. The fourth-order valence-electron chi connectivity index (χ4n) is 2.56. The van der Waals surface area contributed by atoms with Gasteiger partial charge in [0.2, 0.25) is 0 Å². The molecule has 1 saturated heterocycles. The monoisotopic (exact) mass is 233 g/mol. The second-order valence-corrected chi connectivity index (χ2v) is 4.51. The third-order valence-electron chi connectivity index (χ3n) is 3.55. The summed E-state index contributed by atoms with van der Waals surface area (Å²) in [4.78, 5) is 13.9. The Morgan fingerprint density at radius 3 is 2.76 bits per heavy atom. The van der Waals surface area contributed by atoms with Gasteiger partial charge in [-0.1, -0.05) is 30.3 Å². The van der Waals surface area contributed by atoms with Crippen LogP contribution in [0.25, 0.3) is 0 Å². The number of hydrogen-bond acceptors (Lipinski definition) is 3. The van der Waals surface area contributed by atoms with E-state index >= 15 is 0 Å². The van der Waals surface area contributed by atoms with Crippen LogP contribution in [0.5, 0.6) is 0 Å². The summed E-state index contributed by atoms with van der Waals surface area (Å²) in [5, 5.41) is 0. The molecular weight excluding hydrogens is 214 g/mol. The van der Waals surface area contributed by atoms with Crippen molar-refractivity contribution in [2.75, 3.05) is 13.7 Å². The number of nitrogens with zero attached hydrogens (tertiary/aromatic N) is 1. The summed E-state index contributed by atoms with van der Waals surface area (Å²) in [5.41, 5.74) is 1.25. The SMILES string of the molecule is COC(=O)[C@H]1CCCN1[C@H](C)c1ccccc1. The molecule has 2 atom stereocenters. The van der Waals surface area contributed by atoms with Crippen molar-refractivity contribution in [1.29, 1.82) is 0 Å². The minimum atomic E-state index is -0.106. The molecule has 0 aliphatic carbocycles. The molecule has 0 bridgehead atoms. The van der Waals surface area contributed by atoms with Crippen molar-refractivity contribution in [2.24, 2.45) is 0 Å². The van der Waals surface area contributed by atoms with E-state index in [1.54, 1.807) is 0 Å². The molecule has 1 aromatic carbocycles. The molecule has 17 heavy (non-hydrogen) atoms. The summed E-state index contributed by atoms with van der Waals surface area (Å²) in [6.45, 7) is 3.12. The van der Waals surface area contributed by atoms with Gasteiger partial charge in [-0.15, -0.1) is 0 Å². The second kappa shape index (κ2) is 5.32. The highest BCUT2D eigenvalue weighted by molar-refractivity contribution is 5.76. The van der Waals surface area contributed by atoms with Crippen LogP contribution in [0.2, 0.25) is 0 Å². The first-order valence-electron chi connectivity index (χ1n) is 6.12. The maximum Gasteiger partial charge on any atom is 0.323 e. The lowest BCUT2D eigenvalue weighted by molar-refractivity contribution is -0.146. The molecule has 2 rings (SSSR count). The van der Waals surface area contributed by atoms with E-state index < -0.39 is 0 Å². The quantitative estimate of drug-likeness (QED) is 0.751. The van der Waals surface area contributed by atoms with Crippen molar-refractivity contribution < 1.29 is 9.53 Å². The Balaban J connectivity index is 2.13. The van der Waals surface area contributed by atoms with Crippen LogP contribution in [0.1, 0.15) is 31.4 Å². The van der Waals surface area contributed by atoms with Crippen molar-refractivity contribution in [2.45, 2.75) is 31.8 Å². The summed E-state index contributed by atoms with van der Waals surface area (Å²) >= 11 is 0. The summed E-state index contributed by atoms with van der Waals surface area (Å²) in [6.07, 6.45) is 1.97. The number of likely N-dealkylation sites (tertiary alicyclic amines) is 1. The predicted molar refractivity (Wildman–Crippen MR) is 66.6 cm³/mol. The van der Waals surface area contributed by atoms with Gasteiger partial charge in [0.25, 0.3) is 0 Å². The van der Waals surface area contributed by atoms with Crippen molar-refractivity contribution in [3.05, 3.63) is 35.9 Å². The van der Waals surface area contributed by atoms with Gasteiger partial charge in [-0.3, -0.25) is 9.69 Å². The molecule has 1 aromatic rings. The third-order valence-corrected chi connectivity index (χ3v) is 3.55. The van der Waals surface area contributed by atoms with Gasteiger partial charge < -0.3 is 4.74 Å².